The molecule has 0 aliphatic heterocycles. The number of ether oxygens (including phenoxy) is 1. The summed E-state index contributed by atoms with van der Waals surface area (Å²) in [7, 11) is 0. The maximum Gasteiger partial charge on any atom is 0.407 e. The van der Waals surface area contributed by atoms with Crippen LogP contribution in [0.3, 0.4) is 0 Å². The van der Waals surface area contributed by atoms with Gasteiger partial charge < -0.3 is 14.6 Å². The number of amides is 2. The number of aromatic nitrogens is 1. The molecule has 0 aliphatic rings. The van der Waals surface area contributed by atoms with Gasteiger partial charge in [0.2, 0.25) is 5.91 Å². The number of rotatable bonds is 8. The number of nitrogens with one attached hydrogen (secondary N) is 2. The molecule has 7 nitrogen and oxygen atoms in total. The maximum absolute atomic E-state index is 12.6. The summed E-state index contributed by atoms with van der Waals surface area (Å²) in [4.78, 5) is 24.5. The van der Waals surface area contributed by atoms with Crippen molar-refractivity contribution < 1.29 is 14.3 Å². The molecule has 0 unspecified atom stereocenters. The molecule has 2 N–H and O–H groups in total. The monoisotopic (exact) mass is 460 g/mol. The van der Waals surface area contributed by atoms with Crippen molar-refractivity contribution in [3.63, 3.8) is 0 Å². The molecule has 1 atom stereocenters. The van der Waals surface area contributed by atoms with Crippen LogP contribution < -0.4 is 10.7 Å². The van der Waals surface area contributed by atoms with E-state index in [0.717, 1.165) is 28.2 Å². The molecule has 0 radical (unpaired) electrons. The average molecular weight is 461 g/mol. The van der Waals surface area contributed by atoms with Gasteiger partial charge in [-0.1, -0.05) is 42.5 Å². The number of carbonyl (C=O) groups is 2. The normalized spacial score (nSPS) is 11.9. The summed E-state index contributed by atoms with van der Waals surface area (Å²) in [5, 5.41) is 6.91. The molecule has 7 heteroatoms. The van der Waals surface area contributed by atoms with Crippen molar-refractivity contribution in [1.82, 2.24) is 15.3 Å². The minimum atomic E-state index is -0.563. The molecule has 0 bridgehead atoms. The molecule has 2 amide bonds. The van der Waals surface area contributed by atoms with Crippen molar-refractivity contribution in [3.05, 3.63) is 88.2 Å². The van der Waals surface area contributed by atoms with Gasteiger partial charge in [-0.3, -0.25) is 4.79 Å². The van der Waals surface area contributed by atoms with Crippen LogP contribution in [0.4, 0.5) is 4.79 Å². The third-order valence-electron chi connectivity index (χ3n) is 5.84. The summed E-state index contributed by atoms with van der Waals surface area (Å²) in [5.74, 6) is -0.315. The Bertz CT molecular complexity index is 1180. The Balaban J connectivity index is 1.71. The van der Waals surface area contributed by atoms with Crippen molar-refractivity contribution in [1.29, 1.82) is 0 Å². The van der Waals surface area contributed by atoms with E-state index in [-0.39, 0.29) is 18.9 Å². The molecule has 1 aromatic heterocycles. The van der Waals surface area contributed by atoms with E-state index >= 15 is 0 Å². The molecule has 0 aliphatic carbocycles. The fourth-order valence-electron chi connectivity index (χ4n) is 3.92. The number of aryl methyl sites for hydroxylation is 2. The summed E-state index contributed by atoms with van der Waals surface area (Å²) in [5.41, 5.74) is 10.0. The Hall–Kier alpha value is -3.87. The number of hydrazone groups is 1. The van der Waals surface area contributed by atoms with Gasteiger partial charge in [-0.15, -0.1) is 0 Å². The quantitative estimate of drug-likeness (QED) is 0.365. The Labute approximate surface area is 200 Å². The van der Waals surface area contributed by atoms with Gasteiger partial charge in [-0.25, -0.2) is 10.2 Å². The second-order valence-corrected chi connectivity index (χ2v) is 8.21. The van der Waals surface area contributed by atoms with Crippen molar-refractivity contribution in [3.8, 4) is 5.69 Å². The van der Waals surface area contributed by atoms with E-state index in [1.807, 2.05) is 43.3 Å². The van der Waals surface area contributed by atoms with Crippen molar-refractivity contribution in [2.75, 3.05) is 6.61 Å². The van der Waals surface area contributed by atoms with Crippen LogP contribution in [0, 0.1) is 27.7 Å². The van der Waals surface area contributed by atoms with Crippen molar-refractivity contribution >= 4 is 18.2 Å². The Morgan fingerprint density at radius 1 is 1.06 bits per heavy atom. The lowest BCUT2D eigenvalue weighted by molar-refractivity contribution is -0.121. The minimum absolute atomic E-state index is 0.0294. The predicted molar refractivity (Wildman–Crippen MR) is 134 cm³/mol. The van der Waals surface area contributed by atoms with Gasteiger partial charge in [0.05, 0.1) is 25.3 Å². The topological polar surface area (TPSA) is 84.7 Å². The molecule has 0 spiro atoms. The lowest BCUT2D eigenvalue weighted by atomic mass is 10.0. The van der Waals surface area contributed by atoms with Gasteiger partial charge in [-0.05, 0) is 63.4 Å². The third kappa shape index (κ3) is 5.92. The highest BCUT2D eigenvalue weighted by Crippen LogP contribution is 2.24. The van der Waals surface area contributed by atoms with E-state index in [1.54, 1.807) is 13.1 Å². The molecule has 178 valence electrons. The predicted octanol–water partition coefficient (Wildman–Crippen LogP) is 5.04. The number of hydrogen-bond acceptors (Lipinski definition) is 4. The Morgan fingerprint density at radius 2 is 1.79 bits per heavy atom. The van der Waals surface area contributed by atoms with Crippen LogP contribution in [0.5, 0.6) is 0 Å². The van der Waals surface area contributed by atoms with Gasteiger partial charge in [0.15, 0.2) is 0 Å². The van der Waals surface area contributed by atoms with Crippen LogP contribution in [-0.2, 0) is 9.53 Å². The lowest BCUT2D eigenvalue weighted by Crippen LogP contribution is -2.33. The zero-order chi connectivity index (χ0) is 24.7. The molecule has 34 heavy (non-hydrogen) atoms. The van der Waals surface area contributed by atoms with Gasteiger partial charge >= 0.3 is 6.09 Å². The van der Waals surface area contributed by atoms with Gasteiger partial charge in [0.25, 0.3) is 0 Å². The van der Waals surface area contributed by atoms with Gasteiger partial charge in [0.1, 0.15) is 0 Å². The molecule has 0 saturated carbocycles. The second-order valence-electron chi connectivity index (χ2n) is 8.21. The second kappa shape index (κ2) is 11.3. The number of alkyl carbamates (subject to hydrolysis) is 1. The molecular weight excluding hydrogens is 428 g/mol. The number of carbonyl (C=O) groups excluding carboxylic acids is 2. The number of hydrogen-bond donors (Lipinski definition) is 2. The van der Waals surface area contributed by atoms with Crippen LogP contribution in [-0.4, -0.2) is 29.4 Å². The van der Waals surface area contributed by atoms with Gasteiger partial charge in [0, 0.05) is 22.6 Å². The molecule has 2 aromatic carbocycles. The summed E-state index contributed by atoms with van der Waals surface area (Å²) in [6, 6.07) is 17.1. The molecule has 3 aromatic rings. The number of nitrogens with zero attached hydrogens (tertiary/aromatic N) is 2. The van der Waals surface area contributed by atoms with E-state index in [4.69, 9.17) is 4.74 Å². The zero-order valence-corrected chi connectivity index (χ0v) is 20.4. The lowest BCUT2D eigenvalue weighted by Gasteiger charge is -2.18. The van der Waals surface area contributed by atoms with Gasteiger partial charge in [-0.2, -0.15) is 5.10 Å². The molecule has 0 saturated heterocycles. The number of benzene rings is 2. The minimum Gasteiger partial charge on any atom is -0.450 e. The molecule has 1 heterocycles. The molecule has 3 rings (SSSR count). The molecule has 0 fully saturated rings. The molecular formula is C27H32N4O3. The van der Waals surface area contributed by atoms with E-state index in [2.05, 4.69) is 59.4 Å². The van der Waals surface area contributed by atoms with Crippen LogP contribution >= 0.6 is 0 Å². The first-order chi connectivity index (χ1) is 16.3. The van der Waals surface area contributed by atoms with E-state index in [1.165, 1.54) is 11.1 Å². The maximum atomic E-state index is 12.6. The summed E-state index contributed by atoms with van der Waals surface area (Å²) in [6.45, 7) is 10.3. The van der Waals surface area contributed by atoms with Crippen molar-refractivity contribution in [2.45, 2.75) is 47.1 Å². The van der Waals surface area contributed by atoms with Crippen LogP contribution in [0.2, 0.25) is 0 Å². The third-order valence-corrected chi connectivity index (χ3v) is 5.84. The van der Waals surface area contributed by atoms with Crippen LogP contribution in [0.15, 0.2) is 59.7 Å². The standard InChI is InChI=1S/C27H32N4O3/c1-6-34-27(33)29-24(22-12-8-7-9-13-22)16-26(32)30-28-17-23-15-19(3)31(21(23)5)25-14-10-11-18(2)20(25)4/h7-15,17,24H,6,16H2,1-5H3,(H,29,33)(H,30,32)/b28-17-/t24-/m1/s1. The summed E-state index contributed by atoms with van der Waals surface area (Å²) >= 11 is 0. The first kappa shape index (κ1) is 24.8. The van der Waals surface area contributed by atoms with Crippen molar-refractivity contribution in [2.24, 2.45) is 5.10 Å². The van der Waals surface area contributed by atoms with Crippen LogP contribution in [0.1, 0.15) is 53.0 Å². The fraction of sp³-hybridized carbons (Fsp3) is 0.296. The zero-order valence-electron chi connectivity index (χ0n) is 20.4. The first-order valence-electron chi connectivity index (χ1n) is 11.4. The van der Waals surface area contributed by atoms with E-state index < -0.39 is 12.1 Å². The summed E-state index contributed by atoms with van der Waals surface area (Å²) < 4.78 is 7.17. The fourth-order valence-corrected chi connectivity index (χ4v) is 3.92. The Kier molecular flexibility index (Phi) is 8.24. The van der Waals surface area contributed by atoms with E-state index in [0.29, 0.717) is 0 Å². The average Bonchev–Trinajstić information content (AvgIpc) is 3.09. The summed E-state index contributed by atoms with van der Waals surface area (Å²) in [6.07, 6.45) is 1.12. The highest BCUT2D eigenvalue weighted by Gasteiger charge is 2.19. The smallest absolute Gasteiger partial charge is 0.407 e. The van der Waals surface area contributed by atoms with Crippen LogP contribution in [0.25, 0.3) is 5.69 Å². The van der Waals surface area contributed by atoms with E-state index in [9.17, 15) is 9.59 Å². The highest BCUT2D eigenvalue weighted by atomic mass is 16.5. The largest absolute Gasteiger partial charge is 0.450 e. The highest BCUT2D eigenvalue weighted by molar-refractivity contribution is 5.84. The SMILES string of the molecule is CCOC(=O)N[C@H](CC(=O)N/N=C\c1cc(C)n(-c2cccc(C)c2C)c1C)c1ccccc1. The first-order valence-corrected chi connectivity index (χ1v) is 11.4. The Morgan fingerprint density at radius 3 is 2.50 bits per heavy atom.